The molecule has 1 aromatic carbocycles. The van der Waals surface area contributed by atoms with Gasteiger partial charge in [0, 0.05) is 24.9 Å². The molecule has 1 amide bonds. The van der Waals surface area contributed by atoms with Gasteiger partial charge in [0.1, 0.15) is 11.9 Å². The average molecular weight is 326 g/mol. The number of nitrogens with zero attached hydrogens (tertiary/aromatic N) is 3. The number of hydrogen-bond donors (Lipinski definition) is 1. The summed E-state index contributed by atoms with van der Waals surface area (Å²) in [7, 11) is 0. The lowest BCUT2D eigenvalue weighted by Crippen LogP contribution is -2.54. The van der Waals surface area contributed by atoms with Crippen LogP contribution in [0.3, 0.4) is 0 Å². The molecule has 1 aromatic heterocycles. The van der Waals surface area contributed by atoms with Gasteiger partial charge in [0.2, 0.25) is 11.8 Å². The molecule has 1 aliphatic rings. The molecule has 0 bridgehead atoms. The molecule has 2 aromatic rings. The first-order valence-corrected chi connectivity index (χ1v) is 8.09. The summed E-state index contributed by atoms with van der Waals surface area (Å²) in [5.74, 6) is 1.33. The zero-order valence-electron chi connectivity index (χ0n) is 14.2. The van der Waals surface area contributed by atoms with Crippen molar-refractivity contribution < 1.29 is 9.53 Å². The van der Waals surface area contributed by atoms with E-state index in [1.165, 1.54) is 6.92 Å². The molecule has 0 spiro atoms. The topological polar surface area (TPSA) is 67.4 Å². The van der Waals surface area contributed by atoms with Crippen molar-refractivity contribution in [2.24, 2.45) is 0 Å². The van der Waals surface area contributed by atoms with Crippen molar-refractivity contribution in [3.63, 3.8) is 0 Å². The molecular formula is C18H22N4O2. The molecule has 0 saturated carbocycles. The maximum absolute atomic E-state index is 11.1. The van der Waals surface area contributed by atoms with Gasteiger partial charge in [0.05, 0.1) is 19.1 Å². The van der Waals surface area contributed by atoms with E-state index in [4.69, 9.17) is 4.74 Å². The smallest absolute Gasteiger partial charge is 0.217 e. The molecular weight excluding hydrogens is 304 g/mol. The van der Waals surface area contributed by atoms with Crippen molar-refractivity contribution in [1.82, 2.24) is 15.3 Å². The quantitative estimate of drug-likeness (QED) is 0.913. The number of aryl methyl sites for hydroxylation is 1. The van der Waals surface area contributed by atoms with Gasteiger partial charge >= 0.3 is 0 Å². The van der Waals surface area contributed by atoms with E-state index in [1.54, 1.807) is 12.3 Å². The van der Waals surface area contributed by atoms with E-state index >= 15 is 0 Å². The van der Waals surface area contributed by atoms with Crippen LogP contribution in [0.4, 0.5) is 5.69 Å². The van der Waals surface area contributed by atoms with Gasteiger partial charge in [-0.2, -0.15) is 4.98 Å². The lowest BCUT2D eigenvalue weighted by molar-refractivity contribution is -0.119. The minimum atomic E-state index is -0.0192. The number of anilines is 1. The summed E-state index contributed by atoms with van der Waals surface area (Å²) in [4.78, 5) is 21.7. The van der Waals surface area contributed by atoms with Gasteiger partial charge in [0.15, 0.2) is 0 Å². The Kier molecular flexibility index (Phi) is 4.64. The second kappa shape index (κ2) is 6.86. The monoisotopic (exact) mass is 326 g/mol. The number of carbonyl (C=O) groups excluding carboxylic acids is 1. The number of amides is 1. The fourth-order valence-electron chi connectivity index (χ4n) is 2.76. The Morgan fingerprint density at radius 3 is 2.62 bits per heavy atom. The van der Waals surface area contributed by atoms with Crippen LogP contribution in [0, 0.1) is 6.92 Å². The van der Waals surface area contributed by atoms with Crippen LogP contribution in [-0.2, 0) is 4.79 Å². The Hall–Kier alpha value is -2.63. The van der Waals surface area contributed by atoms with Gasteiger partial charge < -0.3 is 15.0 Å². The maximum Gasteiger partial charge on any atom is 0.217 e. The Morgan fingerprint density at radius 2 is 2.00 bits per heavy atom. The first kappa shape index (κ1) is 16.2. The van der Waals surface area contributed by atoms with Crippen LogP contribution in [0.2, 0.25) is 0 Å². The molecule has 1 aliphatic heterocycles. The second-order valence-corrected chi connectivity index (χ2v) is 6.10. The summed E-state index contributed by atoms with van der Waals surface area (Å²) < 4.78 is 5.85. The SMILES string of the molecule is CC(=O)NC(C)c1ccc(N2CC(Oc3ccnc(C)n3)C2)cc1. The van der Waals surface area contributed by atoms with Crippen molar-refractivity contribution in [3.05, 3.63) is 47.9 Å². The van der Waals surface area contributed by atoms with Crippen LogP contribution in [0.5, 0.6) is 5.88 Å². The molecule has 1 fully saturated rings. The highest BCUT2D eigenvalue weighted by molar-refractivity contribution is 5.73. The van der Waals surface area contributed by atoms with Crippen LogP contribution in [0.1, 0.15) is 31.3 Å². The minimum Gasteiger partial charge on any atom is -0.470 e. The Labute approximate surface area is 141 Å². The third-order valence-corrected chi connectivity index (χ3v) is 4.06. The number of rotatable bonds is 5. The lowest BCUT2D eigenvalue weighted by atomic mass is 10.1. The number of nitrogens with one attached hydrogen (secondary N) is 1. The maximum atomic E-state index is 11.1. The molecule has 2 heterocycles. The molecule has 1 unspecified atom stereocenters. The fourth-order valence-corrected chi connectivity index (χ4v) is 2.76. The van der Waals surface area contributed by atoms with Gasteiger partial charge in [0.25, 0.3) is 0 Å². The van der Waals surface area contributed by atoms with Gasteiger partial charge in [-0.25, -0.2) is 4.98 Å². The zero-order chi connectivity index (χ0) is 17.1. The van der Waals surface area contributed by atoms with Gasteiger partial charge in [-0.15, -0.1) is 0 Å². The predicted octanol–water partition coefficient (Wildman–Crippen LogP) is 2.25. The Balaban J connectivity index is 1.53. The molecule has 24 heavy (non-hydrogen) atoms. The molecule has 6 heteroatoms. The van der Waals surface area contributed by atoms with Crippen molar-refractivity contribution in [3.8, 4) is 5.88 Å². The second-order valence-electron chi connectivity index (χ2n) is 6.10. The normalized spacial score (nSPS) is 15.5. The molecule has 126 valence electrons. The van der Waals surface area contributed by atoms with Crippen molar-refractivity contribution in [1.29, 1.82) is 0 Å². The minimum absolute atomic E-state index is 0.0185. The Morgan fingerprint density at radius 1 is 1.29 bits per heavy atom. The van der Waals surface area contributed by atoms with Gasteiger partial charge in [-0.05, 0) is 31.5 Å². The van der Waals surface area contributed by atoms with Crippen molar-refractivity contribution in [2.75, 3.05) is 18.0 Å². The van der Waals surface area contributed by atoms with E-state index in [-0.39, 0.29) is 18.1 Å². The van der Waals surface area contributed by atoms with Crippen molar-refractivity contribution >= 4 is 11.6 Å². The first-order valence-electron chi connectivity index (χ1n) is 8.09. The molecule has 1 saturated heterocycles. The highest BCUT2D eigenvalue weighted by Crippen LogP contribution is 2.25. The third-order valence-electron chi connectivity index (χ3n) is 4.06. The van der Waals surface area contributed by atoms with Gasteiger partial charge in [-0.1, -0.05) is 12.1 Å². The van der Waals surface area contributed by atoms with Crippen LogP contribution < -0.4 is 15.0 Å². The molecule has 1 atom stereocenters. The molecule has 6 nitrogen and oxygen atoms in total. The summed E-state index contributed by atoms with van der Waals surface area (Å²) in [6.45, 7) is 7.04. The predicted molar refractivity (Wildman–Crippen MR) is 92.1 cm³/mol. The standard InChI is InChI=1S/C18H22N4O2/c1-12(20-14(3)23)15-4-6-16(7-5-15)22-10-17(11-22)24-18-8-9-19-13(2)21-18/h4-9,12,17H,10-11H2,1-3H3,(H,20,23). The summed E-state index contributed by atoms with van der Waals surface area (Å²) in [5.41, 5.74) is 2.26. The van der Waals surface area contributed by atoms with Gasteiger partial charge in [-0.3, -0.25) is 4.79 Å². The molecule has 0 aliphatic carbocycles. The average Bonchev–Trinajstić information content (AvgIpc) is 2.50. The molecule has 0 radical (unpaired) electrons. The highest BCUT2D eigenvalue weighted by atomic mass is 16.5. The number of aromatic nitrogens is 2. The first-order chi connectivity index (χ1) is 11.5. The van der Waals surface area contributed by atoms with E-state index in [2.05, 4.69) is 44.5 Å². The highest BCUT2D eigenvalue weighted by Gasteiger charge is 2.29. The summed E-state index contributed by atoms with van der Waals surface area (Å²) in [5, 5.41) is 2.89. The number of benzene rings is 1. The summed E-state index contributed by atoms with van der Waals surface area (Å²) in [6.07, 6.45) is 1.86. The number of hydrogen-bond acceptors (Lipinski definition) is 5. The van der Waals surface area contributed by atoms with Crippen LogP contribution in [-0.4, -0.2) is 35.1 Å². The van der Waals surface area contributed by atoms with Crippen LogP contribution in [0.25, 0.3) is 0 Å². The van der Waals surface area contributed by atoms with E-state index in [0.717, 1.165) is 24.3 Å². The van der Waals surface area contributed by atoms with Crippen LogP contribution in [0.15, 0.2) is 36.5 Å². The zero-order valence-corrected chi connectivity index (χ0v) is 14.2. The Bertz CT molecular complexity index is 711. The summed E-state index contributed by atoms with van der Waals surface area (Å²) >= 11 is 0. The van der Waals surface area contributed by atoms with Crippen molar-refractivity contribution in [2.45, 2.75) is 32.9 Å². The molecule has 3 rings (SSSR count). The molecule has 1 N–H and O–H groups in total. The van der Waals surface area contributed by atoms with E-state index < -0.39 is 0 Å². The van der Waals surface area contributed by atoms with E-state index in [9.17, 15) is 4.79 Å². The lowest BCUT2D eigenvalue weighted by Gasteiger charge is -2.40. The summed E-state index contributed by atoms with van der Waals surface area (Å²) in [6, 6.07) is 10.1. The third kappa shape index (κ3) is 3.82. The van der Waals surface area contributed by atoms with E-state index in [0.29, 0.717) is 11.7 Å². The largest absolute Gasteiger partial charge is 0.470 e. The van der Waals surface area contributed by atoms with E-state index in [1.807, 2.05) is 13.8 Å². The number of ether oxygens (including phenoxy) is 1. The number of carbonyl (C=O) groups is 1. The fraction of sp³-hybridized carbons (Fsp3) is 0.389. The van der Waals surface area contributed by atoms with Crippen LogP contribution >= 0.6 is 0 Å².